The third kappa shape index (κ3) is 2.47. The molecule has 0 radical (unpaired) electrons. The predicted octanol–water partition coefficient (Wildman–Crippen LogP) is 2.81. The summed E-state index contributed by atoms with van der Waals surface area (Å²) in [6, 6.07) is 3.90. The third-order valence-corrected chi connectivity index (χ3v) is 2.85. The summed E-state index contributed by atoms with van der Waals surface area (Å²) in [5.74, 6) is -1.18. The van der Waals surface area contributed by atoms with Crippen LogP contribution >= 0.6 is 0 Å². The molecule has 1 aromatic carbocycles. The Hall–Kier alpha value is -2.77. The van der Waals surface area contributed by atoms with Crippen LogP contribution in [-0.4, -0.2) is 26.7 Å². The first-order valence-corrected chi connectivity index (χ1v) is 6.35. The molecule has 2 heterocycles. The second kappa shape index (κ2) is 5.31. The van der Waals surface area contributed by atoms with Gasteiger partial charge in [-0.25, -0.2) is 8.78 Å². The number of hydrogen-bond acceptors (Lipinski definition) is 5. The van der Waals surface area contributed by atoms with E-state index in [1.807, 2.05) is 6.92 Å². The number of halogens is 2. The Morgan fingerprint density at radius 3 is 2.90 bits per heavy atom. The highest BCUT2D eigenvalue weighted by Gasteiger charge is 2.13. The molecule has 0 spiro atoms. The van der Waals surface area contributed by atoms with E-state index >= 15 is 0 Å². The highest BCUT2D eigenvalue weighted by atomic mass is 19.2. The summed E-state index contributed by atoms with van der Waals surface area (Å²) < 4.78 is 27.0. The number of nitrogens with zero attached hydrogens (tertiary/aromatic N) is 3. The lowest BCUT2D eigenvalue weighted by Crippen LogP contribution is -2.05. The lowest BCUT2D eigenvalue weighted by Gasteiger charge is -2.09. The van der Waals surface area contributed by atoms with Gasteiger partial charge in [0.25, 0.3) is 0 Å². The Kier molecular flexibility index (Phi) is 3.35. The summed E-state index contributed by atoms with van der Waals surface area (Å²) in [7, 11) is 0. The smallest absolute Gasteiger partial charge is 0.226 e. The summed E-state index contributed by atoms with van der Waals surface area (Å²) in [6.07, 6.45) is 1.52. The van der Waals surface area contributed by atoms with Gasteiger partial charge in [0.05, 0.1) is 17.3 Å². The SMILES string of the molecule is CCNc1nc(Nc2cccc(F)c2F)c2cn[nH]c2n1. The monoisotopic (exact) mass is 290 g/mol. The number of nitrogens with one attached hydrogen (secondary N) is 3. The maximum absolute atomic E-state index is 13.7. The van der Waals surface area contributed by atoms with Crippen molar-refractivity contribution in [3.8, 4) is 0 Å². The molecule has 3 rings (SSSR count). The molecule has 0 fully saturated rings. The number of aromatic nitrogens is 4. The van der Waals surface area contributed by atoms with Gasteiger partial charge in [-0.2, -0.15) is 15.1 Å². The molecule has 0 bridgehead atoms. The van der Waals surface area contributed by atoms with Crippen LogP contribution in [-0.2, 0) is 0 Å². The molecule has 6 nitrogen and oxygen atoms in total. The molecule has 0 saturated carbocycles. The zero-order valence-electron chi connectivity index (χ0n) is 11.1. The Morgan fingerprint density at radius 2 is 2.10 bits per heavy atom. The van der Waals surface area contributed by atoms with Gasteiger partial charge in [0.2, 0.25) is 5.95 Å². The summed E-state index contributed by atoms with van der Waals surface area (Å²) in [6.45, 7) is 2.53. The maximum atomic E-state index is 13.7. The van der Waals surface area contributed by atoms with Crippen molar-refractivity contribution in [1.29, 1.82) is 0 Å². The fourth-order valence-corrected chi connectivity index (χ4v) is 1.90. The van der Waals surface area contributed by atoms with Crippen molar-refractivity contribution >= 4 is 28.5 Å². The minimum absolute atomic E-state index is 0.00125. The van der Waals surface area contributed by atoms with Gasteiger partial charge >= 0.3 is 0 Å². The van der Waals surface area contributed by atoms with E-state index in [1.54, 1.807) is 0 Å². The molecule has 3 N–H and O–H groups in total. The highest BCUT2D eigenvalue weighted by Crippen LogP contribution is 2.26. The van der Waals surface area contributed by atoms with Crippen LogP contribution in [0.15, 0.2) is 24.4 Å². The fraction of sp³-hybridized carbons (Fsp3) is 0.154. The van der Waals surface area contributed by atoms with Crippen molar-refractivity contribution in [2.75, 3.05) is 17.2 Å². The molecule has 3 aromatic rings. The lowest BCUT2D eigenvalue weighted by molar-refractivity contribution is 0.512. The van der Waals surface area contributed by atoms with Crippen molar-refractivity contribution in [3.05, 3.63) is 36.0 Å². The van der Waals surface area contributed by atoms with E-state index in [-0.39, 0.29) is 5.69 Å². The molecule has 0 unspecified atom stereocenters. The van der Waals surface area contributed by atoms with Crippen LogP contribution < -0.4 is 10.6 Å². The Labute approximate surface area is 118 Å². The van der Waals surface area contributed by atoms with E-state index in [4.69, 9.17) is 0 Å². The number of hydrogen-bond donors (Lipinski definition) is 3. The van der Waals surface area contributed by atoms with E-state index in [9.17, 15) is 8.78 Å². The van der Waals surface area contributed by atoms with Crippen LogP contribution in [0.4, 0.5) is 26.2 Å². The molecule has 108 valence electrons. The van der Waals surface area contributed by atoms with Crippen molar-refractivity contribution in [3.63, 3.8) is 0 Å². The Morgan fingerprint density at radius 1 is 1.24 bits per heavy atom. The maximum Gasteiger partial charge on any atom is 0.226 e. The van der Waals surface area contributed by atoms with Crippen molar-refractivity contribution < 1.29 is 8.78 Å². The van der Waals surface area contributed by atoms with Gasteiger partial charge in [0, 0.05) is 6.54 Å². The average Bonchev–Trinajstić information content (AvgIpc) is 2.93. The van der Waals surface area contributed by atoms with Crippen LogP contribution in [0.25, 0.3) is 11.0 Å². The topological polar surface area (TPSA) is 78.5 Å². The molecule has 0 aliphatic carbocycles. The molecule has 2 aromatic heterocycles. The van der Waals surface area contributed by atoms with Gasteiger partial charge in [-0.1, -0.05) is 6.07 Å². The zero-order chi connectivity index (χ0) is 14.8. The quantitative estimate of drug-likeness (QED) is 0.688. The number of rotatable bonds is 4. The van der Waals surface area contributed by atoms with Crippen molar-refractivity contribution in [2.24, 2.45) is 0 Å². The summed E-state index contributed by atoms with van der Waals surface area (Å²) >= 11 is 0. The van der Waals surface area contributed by atoms with Gasteiger partial charge in [-0.15, -0.1) is 0 Å². The van der Waals surface area contributed by atoms with Crippen LogP contribution in [0.2, 0.25) is 0 Å². The van der Waals surface area contributed by atoms with Crippen LogP contribution in [0.1, 0.15) is 6.92 Å². The standard InChI is InChI=1S/C13H12F2N6/c1-2-16-13-19-11(7-6-17-21-12(7)20-13)18-9-5-3-4-8(14)10(9)15/h3-6H,2H2,1H3,(H3,16,17,18,19,20,21). The second-order valence-electron chi connectivity index (χ2n) is 4.28. The van der Waals surface area contributed by atoms with Crippen molar-refractivity contribution in [2.45, 2.75) is 6.92 Å². The molecule has 0 saturated heterocycles. The van der Waals surface area contributed by atoms with Crippen molar-refractivity contribution in [1.82, 2.24) is 20.2 Å². The number of anilines is 3. The minimum Gasteiger partial charge on any atom is -0.354 e. The molecular weight excluding hydrogens is 278 g/mol. The Balaban J connectivity index is 2.06. The second-order valence-corrected chi connectivity index (χ2v) is 4.28. The first-order valence-electron chi connectivity index (χ1n) is 6.35. The molecular formula is C13H12F2N6. The first kappa shape index (κ1) is 13.2. The largest absolute Gasteiger partial charge is 0.354 e. The van der Waals surface area contributed by atoms with E-state index < -0.39 is 11.6 Å². The fourth-order valence-electron chi connectivity index (χ4n) is 1.90. The molecule has 21 heavy (non-hydrogen) atoms. The number of H-pyrrole nitrogens is 1. The molecule has 0 aliphatic heterocycles. The van der Waals surface area contributed by atoms with Gasteiger partial charge in [-0.3, -0.25) is 5.10 Å². The Bertz CT molecular complexity index is 785. The van der Waals surface area contributed by atoms with Gasteiger partial charge in [-0.05, 0) is 19.1 Å². The minimum atomic E-state index is -0.960. The summed E-state index contributed by atoms with van der Waals surface area (Å²) in [5, 5.41) is 12.9. The predicted molar refractivity (Wildman–Crippen MR) is 75.5 cm³/mol. The van der Waals surface area contributed by atoms with Gasteiger partial charge < -0.3 is 10.6 Å². The number of benzene rings is 1. The van der Waals surface area contributed by atoms with Crippen LogP contribution in [0.3, 0.4) is 0 Å². The highest BCUT2D eigenvalue weighted by molar-refractivity contribution is 5.89. The molecule has 0 atom stereocenters. The van der Waals surface area contributed by atoms with Crippen LogP contribution in [0, 0.1) is 11.6 Å². The van der Waals surface area contributed by atoms with E-state index in [1.165, 1.54) is 18.3 Å². The lowest BCUT2D eigenvalue weighted by atomic mass is 10.3. The van der Waals surface area contributed by atoms with E-state index in [0.717, 1.165) is 6.07 Å². The number of aromatic amines is 1. The third-order valence-electron chi connectivity index (χ3n) is 2.85. The summed E-state index contributed by atoms with van der Waals surface area (Å²) in [4.78, 5) is 8.47. The van der Waals surface area contributed by atoms with E-state index in [2.05, 4.69) is 30.8 Å². The molecule has 0 amide bonds. The first-order chi connectivity index (χ1) is 10.2. The number of fused-ring (bicyclic) bond motifs is 1. The van der Waals surface area contributed by atoms with E-state index in [0.29, 0.717) is 29.3 Å². The normalized spacial score (nSPS) is 10.8. The van der Waals surface area contributed by atoms with Gasteiger partial charge in [0.1, 0.15) is 5.82 Å². The summed E-state index contributed by atoms with van der Waals surface area (Å²) in [5.41, 5.74) is 0.499. The molecule has 0 aliphatic rings. The zero-order valence-corrected chi connectivity index (χ0v) is 11.1. The van der Waals surface area contributed by atoms with Crippen LogP contribution in [0.5, 0.6) is 0 Å². The molecule has 8 heteroatoms. The average molecular weight is 290 g/mol. The van der Waals surface area contributed by atoms with Gasteiger partial charge in [0.15, 0.2) is 17.3 Å².